The zero-order valence-electron chi connectivity index (χ0n) is 11.3. The Hall–Kier alpha value is -1.17. The lowest BCUT2D eigenvalue weighted by Gasteiger charge is -2.23. The third-order valence-electron chi connectivity index (χ3n) is 2.69. The molecule has 1 rings (SSSR count). The first-order valence-electron chi connectivity index (χ1n) is 5.98. The van der Waals surface area contributed by atoms with Gasteiger partial charge in [0.15, 0.2) is 0 Å². The standard InChI is InChI=1S/C13H22N2O3/c1-13(16,6-7-17-2)10-14-8-11-4-5-12(18-3)15-9-11/h4-5,9,14,16H,6-8,10H2,1-3H3. The van der Waals surface area contributed by atoms with Gasteiger partial charge in [0.05, 0.1) is 12.7 Å². The van der Waals surface area contributed by atoms with E-state index in [4.69, 9.17) is 9.47 Å². The van der Waals surface area contributed by atoms with E-state index in [0.717, 1.165) is 5.56 Å². The van der Waals surface area contributed by atoms with Gasteiger partial charge in [-0.1, -0.05) is 6.07 Å². The van der Waals surface area contributed by atoms with Crippen molar-refractivity contribution in [3.63, 3.8) is 0 Å². The SMILES string of the molecule is COCCC(C)(O)CNCc1ccc(OC)nc1. The third kappa shape index (κ3) is 5.44. The van der Waals surface area contributed by atoms with Crippen molar-refractivity contribution < 1.29 is 14.6 Å². The highest BCUT2D eigenvalue weighted by molar-refractivity contribution is 5.17. The molecule has 0 aliphatic rings. The average Bonchev–Trinajstić information content (AvgIpc) is 2.37. The molecule has 1 aromatic heterocycles. The topological polar surface area (TPSA) is 63.6 Å². The number of pyridine rings is 1. The summed E-state index contributed by atoms with van der Waals surface area (Å²) < 4.78 is 9.94. The molecule has 1 heterocycles. The fourth-order valence-corrected chi connectivity index (χ4v) is 1.52. The van der Waals surface area contributed by atoms with Crippen molar-refractivity contribution in [2.45, 2.75) is 25.5 Å². The predicted octanol–water partition coefficient (Wildman–Crippen LogP) is 0.967. The molecule has 0 saturated heterocycles. The average molecular weight is 254 g/mol. The highest BCUT2D eigenvalue weighted by Gasteiger charge is 2.19. The summed E-state index contributed by atoms with van der Waals surface area (Å²) in [6.07, 6.45) is 2.37. The molecule has 0 spiro atoms. The third-order valence-corrected chi connectivity index (χ3v) is 2.69. The van der Waals surface area contributed by atoms with Crippen LogP contribution in [-0.4, -0.2) is 43.1 Å². The number of rotatable bonds is 8. The van der Waals surface area contributed by atoms with Crippen molar-refractivity contribution in [3.05, 3.63) is 23.9 Å². The summed E-state index contributed by atoms with van der Waals surface area (Å²) in [5.74, 6) is 0.603. The predicted molar refractivity (Wildman–Crippen MR) is 69.6 cm³/mol. The summed E-state index contributed by atoms with van der Waals surface area (Å²) in [7, 11) is 3.22. The second kappa shape index (κ2) is 7.31. The maximum atomic E-state index is 10.0. The molecule has 0 bridgehead atoms. The van der Waals surface area contributed by atoms with E-state index in [1.54, 1.807) is 27.3 Å². The summed E-state index contributed by atoms with van der Waals surface area (Å²) in [5.41, 5.74) is 0.300. The normalized spacial score (nSPS) is 14.2. The number of ether oxygens (including phenoxy) is 2. The molecular formula is C13H22N2O3. The van der Waals surface area contributed by atoms with Crippen molar-refractivity contribution in [1.82, 2.24) is 10.3 Å². The maximum Gasteiger partial charge on any atom is 0.212 e. The van der Waals surface area contributed by atoms with Crippen molar-refractivity contribution >= 4 is 0 Å². The summed E-state index contributed by atoms with van der Waals surface area (Å²) in [6, 6.07) is 3.77. The molecule has 18 heavy (non-hydrogen) atoms. The molecule has 1 atom stereocenters. The van der Waals surface area contributed by atoms with Crippen LogP contribution in [0.15, 0.2) is 18.3 Å². The molecule has 102 valence electrons. The van der Waals surface area contributed by atoms with Gasteiger partial charge >= 0.3 is 0 Å². The molecule has 1 aromatic rings. The Morgan fingerprint density at radius 1 is 1.39 bits per heavy atom. The van der Waals surface area contributed by atoms with Gasteiger partial charge in [-0.2, -0.15) is 0 Å². The second-order valence-electron chi connectivity index (χ2n) is 4.55. The van der Waals surface area contributed by atoms with Crippen LogP contribution < -0.4 is 10.1 Å². The minimum atomic E-state index is -0.754. The molecule has 0 fully saturated rings. The van der Waals surface area contributed by atoms with E-state index in [-0.39, 0.29) is 0 Å². The lowest BCUT2D eigenvalue weighted by molar-refractivity contribution is 0.0247. The van der Waals surface area contributed by atoms with Crippen molar-refractivity contribution in [3.8, 4) is 5.88 Å². The van der Waals surface area contributed by atoms with Crippen LogP contribution in [0.1, 0.15) is 18.9 Å². The molecule has 5 heteroatoms. The Morgan fingerprint density at radius 3 is 2.72 bits per heavy atom. The van der Waals surface area contributed by atoms with Crippen LogP contribution >= 0.6 is 0 Å². The zero-order chi connectivity index (χ0) is 13.4. The summed E-state index contributed by atoms with van der Waals surface area (Å²) in [6.45, 7) is 3.53. The smallest absolute Gasteiger partial charge is 0.212 e. The Labute approximate surface area is 108 Å². The molecule has 1 unspecified atom stereocenters. The van der Waals surface area contributed by atoms with Gasteiger partial charge in [0, 0.05) is 45.5 Å². The number of hydrogen-bond acceptors (Lipinski definition) is 5. The first-order valence-corrected chi connectivity index (χ1v) is 5.98. The van der Waals surface area contributed by atoms with Gasteiger partial charge in [-0.05, 0) is 12.5 Å². The molecule has 0 aliphatic heterocycles. The van der Waals surface area contributed by atoms with E-state index in [2.05, 4.69) is 10.3 Å². The molecule has 0 amide bonds. The Balaban J connectivity index is 2.31. The molecule has 0 aromatic carbocycles. The Bertz CT molecular complexity index is 339. The largest absolute Gasteiger partial charge is 0.481 e. The van der Waals surface area contributed by atoms with E-state index in [0.29, 0.717) is 32.0 Å². The van der Waals surface area contributed by atoms with Crippen LogP contribution in [0.4, 0.5) is 0 Å². The molecule has 2 N–H and O–H groups in total. The quantitative estimate of drug-likeness (QED) is 0.723. The van der Waals surface area contributed by atoms with Crippen LogP contribution in [0.3, 0.4) is 0 Å². The summed E-state index contributed by atoms with van der Waals surface area (Å²) in [5, 5.41) is 13.2. The molecule has 0 radical (unpaired) electrons. The first kappa shape index (κ1) is 14.9. The minimum absolute atomic E-state index is 0.516. The minimum Gasteiger partial charge on any atom is -0.481 e. The fraction of sp³-hybridized carbons (Fsp3) is 0.615. The van der Waals surface area contributed by atoms with Gasteiger partial charge in [-0.3, -0.25) is 0 Å². The Morgan fingerprint density at radius 2 is 2.17 bits per heavy atom. The number of nitrogens with one attached hydrogen (secondary N) is 1. The summed E-state index contributed by atoms with van der Waals surface area (Å²) in [4.78, 5) is 4.12. The fourth-order valence-electron chi connectivity index (χ4n) is 1.52. The first-order chi connectivity index (χ1) is 8.57. The van der Waals surface area contributed by atoms with Gasteiger partial charge in [0.25, 0.3) is 0 Å². The lowest BCUT2D eigenvalue weighted by atomic mass is 10.0. The van der Waals surface area contributed by atoms with E-state index >= 15 is 0 Å². The van der Waals surface area contributed by atoms with Gasteiger partial charge in [-0.15, -0.1) is 0 Å². The van der Waals surface area contributed by atoms with E-state index in [9.17, 15) is 5.11 Å². The number of methoxy groups -OCH3 is 2. The Kier molecular flexibility index (Phi) is 6.04. The van der Waals surface area contributed by atoms with Crippen LogP contribution in [0, 0.1) is 0 Å². The van der Waals surface area contributed by atoms with E-state index in [1.165, 1.54) is 0 Å². The maximum absolute atomic E-state index is 10.0. The number of aliphatic hydroxyl groups is 1. The highest BCUT2D eigenvalue weighted by Crippen LogP contribution is 2.09. The molecule has 0 aliphatic carbocycles. The lowest BCUT2D eigenvalue weighted by Crippen LogP contribution is -2.38. The number of nitrogens with zero attached hydrogens (tertiary/aromatic N) is 1. The van der Waals surface area contributed by atoms with Crippen LogP contribution in [0.2, 0.25) is 0 Å². The van der Waals surface area contributed by atoms with E-state index in [1.807, 2.05) is 12.1 Å². The summed E-state index contributed by atoms with van der Waals surface area (Å²) >= 11 is 0. The van der Waals surface area contributed by atoms with Gasteiger partial charge in [-0.25, -0.2) is 4.98 Å². The number of hydrogen-bond donors (Lipinski definition) is 2. The van der Waals surface area contributed by atoms with E-state index < -0.39 is 5.60 Å². The van der Waals surface area contributed by atoms with Gasteiger partial charge in [0.2, 0.25) is 5.88 Å². The van der Waals surface area contributed by atoms with Crippen LogP contribution in [0.25, 0.3) is 0 Å². The number of aromatic nitrogens is 1. The highest BCUT2D eigenvalue weighted by atomic mass is 16.5. The molecule has 0 saturated carbocycles. The zero-order valence-corrected chi connectivity index (χ0v) is 11.3. The molecular weight excluding hydrogens is 232 g/mol. The molecule has 5 nitrogen and oxygen atoms in total. The van der Waals surface area contributed by atoms with Crippen molar-refractivity contribution in [2.75, 3.05) is 27.4 Å². The van der Waals surface area contributed by atoms with Crippen LogP contribution in [-0.2, 0) is 11.3 Å². The monoisotopic (exact) mass is 254 g/mol. The van der Waals surface area contributed by atoms with Gasteiger partial charge in [0.1, 0.15) is 0 Å². The second-order valence-corrected chi connectivity index (χ2v) is 4.55. The van der Waals surface area contributed by atoms with Crippen molar-refractivity contribution in [2.24, 2.45) is 0 Å². The van der Waals surface area contributed by atoms with Crippen molar-refractivity contribution in [1.29, 1.82) is 0 Å². The van der Waals surface area contributed by atoms with Gasteiger partial charge < -0.3 is 19.9 Å². The van der Waals surface area contributed by atoms with Crippen LogP contribution in [0.5, 0.6) is 5.88 Å².